The van der Waals surface area contributed by atoms with Crippen molar-refractivity contribution in [1.82, 2.24) is 9.97 Å². The average Bonchev–Trinajstić information content (AvgIpc) is 2.60. The summed E-state index contributed by atoms with van der Waals surface area (Å²) in [6.07, 6.45) is 2.25. The monoisotopic (exact) mass is 367 g/mol. The van der Waals surface area contributed by atoms with E-state index in [1.165, 1.54) is 0 Å². The third-order valence-electron chi connectivity index (χ3n) is 5.05. The number of hydrogen-bond donors (Lipinski definition) is 3. The van der Waals surface area contributed by atoms with Crippen LogP contribution in [-0.2, 0) is 4.79 Å². The molecule has 0 amide bonds. The van der Waals surface area contributed by atoms with Crippen LogP contribution in [-0.4, -0.2) is 29.8 Å². The lowest BCUT2D eigenvalue weighted by molar-refractivity contribution is -0.116. The van der Waals surface area contributed by atoms with Crippen LogP contribution in [0.5, 0.6) is 0 Å². The number of aromatic amines is 1. The molecule has 1 aromatic heterocycles. The van der Waals surface area contributed by atoms with Crippen molar-refractivity contribution in [2.45, 2.75) is 25.2 Å². The number of nitrogens with zero attached hydrogens (tertiary/aromatic N) is 2. The highest BCUT2D eigenvalue weighted by atomic mass is 32.1. The van der Waals surface area contributed by atoms with Crippen LogP contribution in [0.15, 0.2) is 35.5 Å². The molecule has 4 rings (SSSR count). The molecular weight excluding hydrogens is 346 g/mol. The SMILES string of the molecule is CN(C)c1ccc(C2C3=C(CCCC3=O)Nc3nc(=S)[nH]c(N)c32)cc1. The van der Waals surface area contributed by atoms with Gasteiger partial charge in [0.15, 0.2) is 10.6 Å². The zero-order valence-corrected chi connectivity index (χ0v) is 15.6. The molecule has 0 saturated carbocycles. The van der Waals surface area contributed by atoms with E-state index in [0.29, 0.717) is 22.8 Å². The number of H-pyrrole nitrogens is 1. The van der Waals surface area contributed by atoms with Crippen molar-refractivity contribution < 1.29 is 4.79 Å². The first-order valence-corrected chi connectivity index (χ1v) is 9.06. The number of anilines is 3. The van der Waals surface area contributed by atoms with E-state index in [2.05, 4.69) is 39.6 Å². The molecule has 4 N–H and O–H groups in total. The van der Waals surface area contributed by atoms with Gasteiger partial charge >= 0.3 is 0 Å². The number of aromatic nitrogens is 2. The number of benzene rings is 1. The summed E-state index contributed by atoms with van der Waals surface area (Å²) >= 11 is 5.18. The van der Waals surface area contributed by atoms with E-state index < -0.39 is 0 Å². The van der Waals surface area contributed by atoms with Crippen molar-refractivity contribution in [2.75, 3.05) is 30.0 Å². The van der Waals surface area contributed by atoms with E-state index in [4.69, 9.17) is 18.0 Å². The van der Waals surface area contributed by atoms with Crippen molar-refractivity contribution >= 4 is 35.3 Å². The number of carbonyl (C=O) groups excluding carboxylic acids is 1. The minimum absolute atomic E-state index is 0.174. The number of rotatable bonds is 2. The number of ketones is 1. The van der Waals surface area contributed by atoms with E-state index in [1.807, 2.05) is 19.0 Å². The van der Waals surface area contributed by atoms with Gasteiger partial charge in [-0.25, -0.2) is 4.98 Å². The predicted molar refractivity (Wildman–Crippen MR) is 106 cm³/mol. The minimum atomic E-state index is -0.232. The van der Waals surface area contributed by atoms with Gasteiger partial charge in [0.1, 0.15) is 11.6 Å². The van der Waals surface area contributed by atoms with E-state index in [1.54, 1.807) is 0 Å². The third kappa shape index (κ3) is 2.68. The highest BCUT2D eigenvalue weighted by Crippen LogP contribution is 2.46. The second kappa shape index (κ2) is 6.25. The summed E-state index contributed by atoms with van der Waals surface area (Å²) in [6, 6.07) is 8.23. The number of fused-ring (bicyclic) bond motifs is 1. The van der Waals surface area contributed by atoms with E-state index >= 15 is 0 Å². The summed E-state index contributed by atoms with van der Waals surface area (Å²) in [5.41, 5.74) is 11.0. The lowest BCUT2D eigenvalue weighted by atomic mass is 9.76. The molecule has 26 heavy (non-hydrogen) atoms. The van der Waals surface area contributed by atoms with Gasteiger partial charge in [-0.3, -0.25) is 4.79 Å². The smallest absolute Gasteiger partial charge is 0.200 e. The fourth-order valence-electron chi connectivity index (χ4n) is 3.80. The molecule has 134 valence electrons. The molecule has 0 radical (unpaired) electrons. The van der Waals surface area contributed by atoms with Crippen molar-refractivity contribution in [3.8, 4) is 0 Å². The molecule has 1 aliphatic carbocycles. The zero-order chi connectivity index (χ0) is 18.4. The maximum Gasteiger partial charge on any atom is 0.200 e. The molecule has 2 heterocycles. The first kappa shape index (κ1) is 16.8. The molecule has 0 saturated heterocycles. The summed E-state index contributed by atoms with van der Waals surface area (Å²) in [5.74, 6) is 1.05. The van der Waals surface area contributed by atoms with Gasteiger partial charge in [0.05, 0.1) is 0 Å². The molecule has 2 aromatic rings. The molecule has 0 spiro atoms. The number of Topliss-reactive ketones (excluding diaryl/α,β-unsaturated/α-hetero) is 1. The Hall–Kier alpha value is -2.67. The maximum absolute atomic E-state index is 12.8. The van der Waals surface area contributed by atoms with Crippen LogP contribution in [0.3, 0.4) is 0 Å². The Kier molecular flexibility index (Phi) is 4.03. The van der Waals surface area contributed by atoms with Crippen LogP contribution in [0.1, 0.15) is 36.3 Å². The number of nitrogens with two attached hydrogens (primary N) is 1. The Balaban J connectivity index is 1.93. The van der Waals surface area contributed by atoms with Gasteiger partial charge in [-0.15, -0.1) is 0 Å². The molecule has 2 aliphatic rings. The van der Waals surface area contributed by atoms with Gasteiger partial charge in [0.2, 0.25) is 0 Å². The van der Waals surface area contributed by atoms with Crippen molar-refractivity contribution in [2.24, 2.45) is 0 Å². The Bertz CT molecular complexity index is 974. The lowest BCUT2D eigenvalue weighted by Gasteiger charge is -2.34. The average molecular weight is 367 g/mol. The number of allylic oxidation sites excluding steroid dienone is 2. The number of nitrogen functional groups attached to an aromatic ring is 1. The summed E-state index contributed by atoms with van der Waals surface area (Å²) in [5, 5.41) is 3.31. The number of carbonyl (C=O) groups is 1. The van der Waals surface area contributed by atoms with Crippen LogP contribution in [0.4, 0.5) is 17.3 Å². The molecule has 0 fully saturated rings. The van der Waals surface area contributed by atoms with Crippen molar-refractivity contribution in [3.63, 3.8) is 0 Å². The Morgan fingerprint density at radius 1 is 1.23 bits per heavy atom. The first-order chi connectivity index (χ1) is 12.5. The lowest BCUT2D eigenvalue weighted by Crippen LogP contribution is -2.28. The maximum atomic E-state index is 12.8. The molecule has 6 nitrogen and oxygen atoms in total. The molecule has 1 aliphatic heterocycles. The zero-order valence-electron chi connectivity index (χ0n) is 14.8. The Labute approximate surface area is 157 Å². The highest BCUT2D eigenvalue weighted by Gasteiger charge is 2.37. The van der Waals surface area contributed by atoms with Gasteiger partial charge in [-0.1, -0.05) is 12.1 Å². The number of nitrogens with one attached hydrogen (secondary N) is 2. The second-order valence-corrected chi connectivity index (χ2v) is 7.32. The van der Waals surface area contributed by atoms with Crippen LogP contribution in [0.2, 0.25) is 0 Å². The van der Waals surface area contributed by atoms with Crippen LogP contribution in [0, 0.1) is 4.77 Å². The van der Waals surface area contributed by atoms with Crippen LogP contribution in [0.25, 0.3) is 0 Å². The summed E-state index contributed by atoms with van der Waals surface area (Å²) in [7, 11) is 4.00. The van der Waals surface area contributed by atoms with Gasteiger partial charge in [0, 0.05) is 49.0 Å². The van der Waals surface area contributed by atoms with Crippen molar-refractivity contribution in [3.05, 3.63) is 51.4 Å². The highest BCUT2D eigenvalue weighted by molar-refractivity contribution is 7.71. The Morgan fingerprint density at radius 3 is 2.65 bits per heavy atom. The quantitative estimate of drug-likeness (QED) is 0.706. The Morgan fingerprint density at radius 2 is 1.96 bits per heavy atom. The standard InChI is InChI=1S/C19H21N5OS/c1-24(2)11-8-6-10(7-9-11)14-15-12(4-3-5-13(15)25)21-18-16(14)17(20)22-19(26)23-18/h6-9,14H,3-5H2,1-2H3,(H4,20,21,22,23,26). The number of hydrogen-bond acceptors (Lipinski definition) is 6. The molecule has 1 unspecified atom stereocenters. The van der Waals surface area contributed by atoms with E-state index in [0.717, 1.165) is 40.9 Å². The molecule has 1 atom stereocenters. The normalized spacial score (nSPS) is 18.8. The summed E-state index contributed by atoms with van der Waals surface area (Å²) < 4.78 is 0.335. The summed E-state index contributed by atoms with van der Waals surface area (Å²) in [4.78, 5) is 22.2. The largest absolute Gasteiger partial charge is 0.385 e. The van der Waals surface area contributed by atoms with Gasteiger partial charge in [-0.2, -0.15) is 0 Å². The first-order valence-electron chi connectivity index (χ1n) is 8.66. The van der Waals surface area contributed by atoms with Crippen LogP contribution < -0.4 is 16.0 Å². The van der Waals surface area contributed by atoms with Gasteiger partial charge < -0.3 is 20.9 Å². The molecular formula is C19H21N5OS. The molecule has 0 bridgehead atoms. The predicted octanol–water partition coefficient (Wildman–Crippen LogP) is 3.35. The van der Waals surface area contributed by atoms with Gasteiger partial charge in [-0.05, 0) is 42.8 Å². The van der Waals surface area contributed by atoms with E-state index in [9.17, 15) is 4.79 Å². The van der Waals surface area contributed by atoms with Crippen LogP contribution >= 0.6 is 12.2 Å². The van der Waals surface area contributed by atoms with E-state index in [-0.39, 0.29) is 11.7 Å². The third-order valence-corrected chi connectivity index (χ3v) is 5.24. The van der Waals surface area contributed by atoms with Gasteiger partial charge in [0.25, 0.3) is 0 Å². The summed E-state index contributed by atoms with van der Waals surface area (Å²) in [6.45, 7) is 0. The van der Waals surface area contributed by atoms with Crippen molar-refractivity contribution in [1.29, 1.82) is 0 Å². The second-order valence-electron chi connectivity index (χ2n) is 6.93. The fourth-order valence-corrected chi connectivity index (χ4v) is 4.00. The minimum Gasteiger partial charge on any atom is -0.385 e. The molecule has 1 aromatic carbocycles. The fraction of sp³-hybridized carbons (Fsp3) is 0.316. The molecule has 7 heteroatoms. The topological polar surface area (TPSA) is 87.0 Å².